The van der Waals surface area contributed by atoms with E-state index in [9.17, 15) is 40.5 Å². The maximum Gasteiger partial charge on any atom is 0.217 e. The van der Waals surface area contributed by atoms with Crippen LogP contribution in [-0.2, 0) is 19.0 Å². The number of aliphatic hydroxyl groups excluding tert-OH is 7. The van der Waals surface area contributed by atoms with Crippen molar-refractivity contribution in [3.05, 3.63) is 0 Å². The third-order valence-electron chi connectivity index (χ3n) is 4.38. The largest absolute Gasteiger partial charge is 0.394 e. The standard InChI is InChI=1S/C14H25NO11/c1-4(18)15-7-9(20)12(6(3-17)24-13(7)23)26-14-11(22)10(21)8(19)5(2-16)25-14/h5-14,16-17,19-23H,2-3H2,1H3,(H,15,18)/t5-,6-,7-,8+,9-,10+,11-,12+,13?,14+/m1/s1. The molecule has 2 saturated heterocycles. The van der Waals surface area contributed by atoms with Crippen LogP contribution in [-0.4, -0.2) is 116 Å². The maximum atomic E-state index is 11.2. The summed E-state index contributed by atoms with van der Waals surface area (Å²) in [6.07, 6.45) is -13.6. The van der Waals surface area contributed by atoms with Gasteiger partial charge in [-0.05, 0) is 0 Å². The first-order valence-corrected chi connectivity index (χ1v) is 8.06. The summed E-state index contributed by atoms with van der Waals surface area (Å²) in [5, 5.41) is 70.7. The molecule has 0 aromatic carbocycles. The number of hydrogen-bond acceptors (Lipinski definition) is 11. The Hall–Kier alpha value is -0.930. The minimum absolute atomic E-state index is 0.564. The lowest BCUT2D eigenvalue weighted by atomic mass is 9.95. The molecule has 2 rings (SSSR count). The van der Waals surface area contributed by atoms with E-state index >= 15 is 0 Å². The van der Waals surface area contributed by atoms with Crippen molar-refractivity contribution in [2.24, 2.45) is 0 Å². The van der Waals surface area contributed by atoms with E-state index in [2.05, 4.69) is 5.32 Å². The van der Waals surface area contributed by atoms with Crippen LogP contribution in [0, 0.1) is 0 Å². The van der Waals surface area contributed by atoms with Crippen LogP contribution in [0.5, 0.6) is 0 Å². The molecule has 1 unspecified atom stereocenters. The number of ether oxygens (including phenoxy) is 3. The Morgan fingerprint density at radius 1 is 0.923 bits per heavy atom. The Kier molecular flexibility index (Phi) is 7.27. The van der Waals surface area contributed by atoms with E-state index in [1.165, 1.54) is 0 Å². The molecule has 0 bridgehead atoms. The van der Waals surface area contributed by atoms with Crippen molar-refractivity contribution >= 4 is 5.91 Å². The summed E-state index contributed by atoms with van der Waals surface area (Å²) >= 11 is 0. The first-order chi connectivity index (χ1) is 12.2. The molecule has 0 aliphatic carbocycles. The number of hydrogen-bond donors (Lipinski definition) is 8. The highest BCUT2D eigenvalue weighted by Gasteiger charge is 2.50. The van der Waals surface area contributed by atoms with Crippen LogP contribution in [0.25, 0.3) is 0 Å². The second-order valence-corrected chi connectivity index (χ2v) is 6.26. The Bertz CT molecular complexity index is 478. The van der Waals surface area contributed by atoms with E-state index in [1.54, 1.807) is 0 Å². The van der Waals surface area contributed by atoms with Crippen LogP contribution in [0.3, 0.4) is 0 Å². The zero-order chi connectivity index (χ0) is 19.6. The fraction of sp³-hybridized carbons (Fsp3) is 0.929. The monoisotopic (exact) mass is 383 g/mol. The van der Waals surface area contributed by atoms with E-state index in [0.717, 1.165) is 6.92 Å². The van der Waals surface area contributed by atoms with Gasteiger partial charge in [-0.3, -0.25) is 4.79 Å². The summed E-state index contributed by atoms with van der Waals surface area (Å²) in [5.41, 5.74) is 0. The summed E-state index contributed by atoms with van der Waals surface area (Å²) in [6, 6.07) is -1.29. The lowest BCUT2D eigenvalue weighted by molar-refractivity contribution is -0.345. The highest BCUT2D eigenvalue weighted by Crippen LogP contribution is 2.28. The smallest absolute Gasteiger partial charge is 0.217 e. The molecule has 8 N–H and O–H groups in total. The average molecular weight is 383 g/mol. The summed E-state index contributed by atoms with van der Waals surface area (Å²) in [4.78, 5) is 11.2. The summed E-state index contributed by atoms with van der Waals surface area (Å²) in [5.74, 6) is -0.564. The number of carbonyl (C=O) groups excluding carboxylic acids is 1. The van der Waals surface area contributed by atoms with Crippen molar-refractivity contribution in [2.45, 2.75) is 68.3 Å². The topological polar surface area (TPSA) is 198 Å². The van der Waals surface area contributed by atoms with E-state index in [4.69, 9.17) is 14.2 Å². The molecule has 0 aromatic heterocycles. The van der Waals surface area contributed by atoms with Gasteiger partial charge in [0, 0.05) is 6.92 Å². The molecular formula is C14H25NO11. The van der Waals surface area contributed by atoms with Gasteiger partial charge in [0.15, 0.2) is 12.6 Å². The van der Waals surface area contributed by atoms with Gasteiger partial charge in [-0.15, -0.1) is 0 Å². The van der Waals surface area contributed by atoms with Gasteiger partial charge in [0.05, 0.1) is 13.2 Å². The zero-order valence-corrected chi connectivity index (χ0v) is 14.0. The van der Waals surface area contributed by atoms with Gasteiger partial charge in [-0.25, -0.2) is 0 Å². The fourth-order valence-electron chi connectivity index (χ4n) is 2.98. The molecule has 12 heteroatoms. The fourth-order valence-corrected chi connectivity index (χ4v) is 2.98. The molecule has 2 aliphatic heterocycles. The van der Waals surface area contributed by atoms with Gasteiger partial charge < -0.3 is 55.3 Å². The van der Waals surface area contributed by atoms with Gasteiger partial charge >= 0.3 is 0 Å². The molecule has 2 fully saturated rings. The first-order valence-electron chi connectivity index (χ1n) is 8.06. The Morgan fingerprint density at radius 2 is 1.54 bits per heavy atom. The maximum absolute atomic E-state index is 11.2. The summed E-state index contributed by atoms with van der Waals surface area (Å²) in [6.45, 7) is -0.195. The molecule has 0 aromatic rings. The van der Waals surface area contributed by atoms with Crippen molar-refractivity contribution in [1.82, 2.24) is 5.32 Å². The van der Waals surface area contributed by atoms with Gasteiger partial charge in [0.2, 0.25) is 5.91 Å². The molecule has 2 heterocycles. The van der Waals surface area contributed by atoms with E-state index in [0.29, 0.717) is 0 Å². The average Bonchev–Trinajstić information content (AvgIpc) is 2.60. The predicted octanol–water partition coefficient (Wildman–Crippen LogP) is -5.25. The molecule has 10 atom stereocenters. The molecule has 152 valence electrons. The third-order valence-corrected chi connectivity index (χ3v) is 4.38. The first kappa shape index (κ1) is 21.4. The Balaban J connectivity index is 2.16. The van der Waals surface area contributed by atoms with E-state index < -0.39 is 80.5 Å². The number of aliphatic hydroxyl groups is 7. The summed E-state index contributed by atoms with van der Waals surface area (Å²) < 4.78 is 15.7. The molecular weight excluding hydrogens is 358 g/mol. The van der Waals surface area contributed by atoms with Crippen LogP contribution in [0.1, 0.15) is 6.92 Å². The van der Waals surface area contributed by atoms with Crippen LogP contribution < -0.4 is 5.32 Å². The van der Waals surface area contributed by atoms with Crippen LogP contribution in [0.2, 0.25) is 0 Å². The lowest BCUT2D eigenvalue weighted by Gasteiger charge is -2.46. The quantitative estimate of drug-likeness (QED) is 0.226. The normalized spacial score (nSPS) is 46.8. The predicted molar refractivity (Wildman–Crippen MR) is 80.2 cm³/mol. The second-order valence-electron chi connectivity index (χ2n) is 6.26. The Morgan fingerprint density at radius 3 is 2.08 bits per heavy atom. The van der Waals surface area contributed by atoms with E-state index in [1.807, 2.05) is 0 Å². The molecule has 2 aliphatic rings. The number of rotatable bonds is 5. The van der Waals surface area contributed by atoms with Gasteiger partial charge in [0.1, 0.15) is 48.8 Å². The third kappa shape index (κ3) is 4.31. The molecule has 0 radical (unpaired) electrons. The molecule has 1 amide bonds. The minimum atomic E-state index is -1.73. The Labute approximate surface area is 148 Å². The lowest BCUT2D eigenvalue weighted by Crippen LogP contribution is -2.67. The number of carbonyl (C=O) groups is 1. The van der Waals surface area contributed by atoms with Gasteiger partial charge in [0.25, 0.3) is 0 Å². The van der Waals surface area contributed by atoms with Crippen molar-refractivity contribution in [2.75, 3.05) is 13.2 Å². The van der Waals surface area contributed by atoms with Gasteiger partial charge in [-0.1, -0.05) is 0 Å². The minimum Gasteiger partial charge on any atom is -0.394 e. The van der Waals surface area contributed by atoms with E-state index in [-0.39, 0.29) is 0 Å². The molecule has 26 heavy (non-hydrogen) atoms. The second kappa shape index (κ2) is 8.84. The SMILES string of the molecule is CC(=O)N[C@H]1C(O)O[C@H](CO)[C@H](O[C@@H]2O[C@H](CO)[C@H](O)[C@H](O)[C@H]2O)[C@@H]1O. The highest BCUT2D eigenvalue weighted by atomic mass is 16.7. The number of nitrogens with one attached hydrogen (secondary N) is 1. The van der Waals surface area contributed by atoms with Crippen LogP contribution in [0.15, 0.2) is 0 Å². The van der Waals surface area contributed by atoms with Crippen molar-refractivity contribution < 1.29 is 54.8 Å². The molecule has 12 nitrogen and oxygen atoms in total. The van der Waals surface area contributed by atoms with Crippen molar-refractivity contribution in [1.29, 1.82) is 0 Å². The molecule has 0 saturated carbocycles. The zero-order valence-electron chi connectivity index (χ0n) is 14.0. The van der Waals surface area contributed by atoms with Crippen LogP contribution in [0.4, 0.5) is 0 Å². The highest BCUT2D eigenvalue weighted by molar-refractivity contribution is 5.73. The van der Waals surface area contributed by atoms with Crippen molar-refractivity contribution in [3.8, 4) is 0 Å². The number of amides is 1. The molecule has 0 spiro atoms. The van der Waals surface area contributed by atoms with Crippen LogP contribution >= 0.6 is 0 Å². The van der Waals surface area contributed by atoms with Crippen molar-refractivity contribution in [3.63, 3.8) is 0 Å². The summed E-state index contributed by atoms with van der Waals surface area (Å²) in [7, 11) is 0. The van der Waals surface area contributed by atoms with Gasteiger partial charge in [-0.2, -0.15) is 0 Å².